The first-order chi connectivity index (χ1) is 7.53. The molecule has 0 spiro atoms. The van der Waals surface area contributed by atoms with E-state index in [2.05, 4.69) is 28.1 Å². The summed E-state index contributed by atoms with van der Waals surface area (Å²) in [5, 5.41) is 9.72. The van der Waals surface area contributed by atoms with Crippen LogP contribution in [0.25, 0.3) is 0 Å². The Labute approximate surface area is 110 Å². The third kappa shape index (κ3) is 5.34. The molecule has 1 atom stereocenters. The molecule has 1 aromatic rings. The topological polar surface area (TPSA) is 46.2 Å². The number of hydrogen-bond donors (Lipinski definition) is 2. The van der Waals surface area contributed by atoms with Gasteiger partial charge < -0.3 is 10.8 Å². The zero-order valence-corrected chi connectivity index (χ0v) is 11.9. The Kier molecular flexibility index (Phi) is 5.83. The molecule has 0 aliphatic carbocycles. The fourth-order valence-electron chi connectivity index (χ4n) is 1.30. The summed E-state index contributed by atoms with van der Waals surface area (Å²) in [5.74, 6) is 1.01. The van der Waals surface area contributed by atoms with E-state index < -0.39 is 5.60 Å². The first kappa shape index (κ1) is 14.0. The lowest BCUT2D eigenvalue weighted by molar-refractivity contribution is 0.0596. The standard InChI is InChI=1S/C12H18BrNOS/c1-12(15,9-14)6-3-7-16-11-5-2-4-10(13)8-11/h2,4-5,8,15H,3,6-7,9,14H2,1H3. The van der Waals surface area contributed by atoms with E-state index >= 15 is 0 Å². The van der Waals surface area contributed by atoms with Crippen LogP contribution < -0.4 is 5.73 Å². The first-order valence-electron chi connectivity index (χ1n) is 5.34. The van der Waals surface area contributed by atoms with Crippen molar-refractivity contribution in [2.24, 2.45) is 5.73 Å². The van der Waals surface area contributed by atoms with Crippen molar-refractivity contribution in [3.05, 3.63) is 28.7 Å². The number of aliphatic hydroxyl groups is 1. The lowest BCUT2D eigenvalue weighted by Crippen LogP contribution is -2.34. The molecule has 0 radical (unpaired) electrons. The fraction of sp³-hybridized carbons (Fsp3) is 0.500. The Hall–Kier alpha value is -0.0300. The SMILES string of the molecule is CC(O)(CN)CCCSc1cccc(Br)c1. The van der Waals surface area contributed by atoms with Gasteiger partial charge in [0.2, 0.25) is 0 Å². The zero-order valence-electron chi connectivity index (χ0n) is 9.45. The molecule has 1 rings (SSSR count). The highest BCUT2D eigenvalue weighted by atomic mass is 79.9. The molecule has 1 aromatic carbocycles. The van der Waals surface area contributed by atoms with Gasteiger partial charge in [-0.15, -0.1) is 11.8 Å². The number of benzene rings is 1. The zero-order chi connectivity index (χ0) is 12.0. The highest BCUT2D eigenvalue weighted by Gasteiger charge is 2.16. The van der Waals surface area contributed by atoms with E-state index in [0.29, 0.717) is 6.54 Å². The van der Waals surface area contributed by atoms with E-state index in [0.717, 1.165) is 23.1 Å². The molecule has 0 saturated carbocycles. The molecule has 0 amide bonds. The molecule has 0 heterocycles. The lowest BCUT2D eigenvalue weighted by atomic mass is 10.0. The van der Waals surface area contributed by atoms with Crippen molar-refractivity contribution < 1.29 is 5.11 Å². The van der Waals surface area contributed by atoms with Crippen LogP contribution in [-0.4, -0.2) is 23.0 Å². The van der Waals surface area contributed by atoms with Crippen LogP contribution in [0.2, 0.25) is 0 Å². The molecule has 0 bridgehead atoms. The van der Waals surface area contributed by atoms with E-state index in [1.807, 2.05) is 12.1 Å². The van der Waals surface area contributed by atoms with Crippen LogP contribution in [0.4, 0.5) is 0 Å². The van der Waals surface area contributed by atoms with Crippen molar-refractivity contribution in [1.82, 2.24) is 0 Å². The molecule has 0 aromatic heterocycles. The van der Waals surface area contributed by atoms with Crippen molar-refractivity contribution in [3.8, 4) is 0 Å². The monoisotopic (exact) mass is 303 g/mol. The van der Waals surface area contributed by atoms with Gasteiger partial charge in [-0.3, -0.25) is 0 Å². The van der Waals surface area contributed by atoms with Crippen molar-refractivity contribution in [2.45, 2.75) is 30.3 Å². The summed E-state index contributed by atoms with van der Waals surface area (Å²) in [6.07, 6.45) is 1.73. The maximum absolute atomic E-state index is 9.72. The van der Waals surface area contributed by atoms with Crippen molar-refractivity contribution in [1.29, 1.82) is 0 Å². The second kappa shape index (κ2) is 6.64. The highest BCUT2D eigenvalue weighted by Crippen LogP contribution is 2.23. The molecule has 2 nitrogen and oxygen atoms in total. The molecule has 0 saturated heterocycles. The van der Waals surface area contributed by atoms with E-state index in [4.69, 9.17) is 5.73 Å². The van der Waals surface area contributed by atoms with Gasteiger partial charge in [-0.1, -0.05) is 22.0 Å². The number of thioether (sulfide) groups is 1. The minimum Gasteiger partial charge on any atom is -0.389 e. The summed E-state index contributed by atoms with van der Waals surface area (Å²) in [4.78, 5) is 1.25. The molecule has 16 heavy (non-hydrogen) atoms. The van der Waals surface area contributed by atoms with Crippen LogP contribution in [0.15, 0.2) is 33.6 Å². The van der Waals surface area contributed by atoms with Crippen LogP contribution in [0.5, 0.6) is 0 Å². The minimum atomic E-state index is -0.710. The van der Waals surface area contributed by atoms with Crippen molar-refractivity contribution in [2.75, 3.05) is 12.3 Å². The average Bonchev–Trinajstić information content (AvgIpc) is 2.25. The molecule has 0 fully saturated rings. The van der Waals surface area contributed by atoms with Gasteiger partial charge in [0.25, 0.3) is 0 Å². The van der Waals surface area contributed by atoms with Crippen LogP contribution in [0.3, 0.4) is 0 Å². The third-order valence-corrected chi connectivity index (χ3v) is 3.94. The van der Waals surface area contributed by atoms with Crippen LogP contribution in [0, 0.1) is 0 Å². The largest absolute Gasteiger partial charge is 0.389 e. The van der Waals surface area contributed by atoms with Crippen molar-refractivity contribution in [3.63, 3.8) is 0 Å². The maximum Gasteiger partial charge on any atom is 0.0741 e. The summed E-state index contributed by atoms with van der Waals surface area (Å²) in [5.41, 5.74) is 4.75. The number of halogens is 1. The minimum absolute atomic E-state index is 0.328. The van der Waals surface area contributed by atoms with E-state index in [-0.39, 0.29) is 0 Å². The van der Waals surface area contributed by atoms with Crippen LogP contribution in [-0.2, 0) is 0 Å². The normalized spacial score (nSPS) is 14.8. The highest BCUT2D eigenvalue weighted by molar-refractivity contribution is 9.10. The molecule has 3 N–H and O–H groups in total. The predicted octanol–water partition coefficient (Wildman–Crippen LogP) is 3.03. The summed E-state index contributed by atoms with van der Waals surface area (Å²) in [6.45, 7) is 2.12. The summed E-state index contributed by atoms with van der Waals surface area (Å²) < 4.78 is 1.10. The van der Waals surface area contributed by atoms with Gasteiger partial charge in [-0.05, 0) is 43.7 Å². The van der Waals surface area contributed by atoms with E-state index in [1.165, 1.54) is 4.90 Å². The Morgan fingerprint density at radius 1 is 1.50 bits per heavy atom. The third-order valence-electron chi connectivity index (χ3n) is 2.36. The van der Waals surface area contributed by atoms with Gasteiger partial charge >= 0.3 is 0 Å². The quantitative estimate of drug-likeness (QED) is 0.627. The van der Waals surface area contributed by atoms with Gasteiger partial charge in [0, 0.05) is 15.9 Å². The van der Waals surface area contributed by atoms with Gasteiger partial charge in [-0.2, -0.15) is 0 Å². The molecule has 0 aliphatic heterocycles. The van der Waals surface area contributed by atoms with Gasteiger partial charge in [0.15, 0.2) is 0 Å². The van der Waals surface area contributed by atoms with E-state index in [1.54, 1.807) is 18.7 Å². The smallest absolute Gasteiger partial charge is 0.0741 e. The average molecular weight is 304 g/mol. The molecule has 4 heteroatoms. The summed E-state index contributed by atoms with van der Waals surface area (Å²) >= 11 is 5.25. The molecular weight excluding hydrogens is 286 g/mol. The second-order valence-corrected chi connectivity index (χ2v) is 6.19. The molecular formula is C12H18BrNOS. The maximum atomic E-state index is 9.72. The number of rotatable bonds is 6. The Bertz CT molecular complexity index is 331. The van der Waals surface area contributed by atoms with Crippen LogP contribution >= 0.6 is 27.7 Å². The Morgan fingerprint density at radius 3 is 2.88 bits per heavy atom. The van der Waals surface area contributed by atoms with Gasteiger partial charge in [0.05, 0.1) is 5.60 Å². The fourth-order valence-corrected chi connectivity index (χ4v) is 2.76. The molecule has 1 unspecified atom stereocenters. The molecule has 90 valence electrons. The van der Waals surface area contributed by atoms with Crippen LogP contribution in [0.1, 0.15) is 19.8 Å². The molecule has 0 aliphatic rings. The number of hydrogen-bond acceptors (Lipinski definition) is 3. The summed E-state index contributed by atoms with van der Waals surface area (Å²) in [6, 6.07) is 8.24. The van der Waals surface area contributed by atoms with E-state index in [9.17, 15) is 5.11 Å². The number of nitrogens with two attached hydrogens (primary N) is 1. The Balaban J connectivity index is 2.26. The lowest BCUT2D eigenvalue weighted by Gasteiger charge is -2.20. The van der Waals surface area contributed by atoms with Gasteiger partial charge in [-0.25, -0.2) is 0 Å². The summed E-state index contributed by atoms with van der Waals surface area (Å²) in [7, 11) is 0. The van der Waals surface area contributed by atoms with Gasteiger partial charge in [0.1, 0.15) is 0 Å². The van der Waals surface area contributed by atoms with Crippen molar-refractivity contribution >= 4 is 27.7 Å². The first-order valence-corrected chi connectivity index (χ1v) is 7.12. The second-order valence-electron chi connectivity index (χ2n) is 4.11. The Morgan fingerprint density at radius 2 is 2.25 bits per heavy atom. The predicted molar refractivity (Wildman–Crippen MR) is 73.8 cm³/mol.